The van der Waals surface area contributed by atoms with Gasteiger partial charge in [-0.1, -0.05) is 51.1 Å². The largest absolute Gasteiger partial charge is 0.493 e. The van der Waals surface area contributed by atoms with Crippen LogP contribution in [0.25, 0.3) is 0 Å². The van der Waals surface area contributed by atoms with E-state index in [1.165, 1.54) is 38.5 Å². The van der Waals surface area contributed by atoms with Gasteiger partial charge < -0.3 is 14.8 Å². The van der Waals surface area contributed by atoms with Crippen LogP contribution < -0.4 is 19.1 Å². The molecule has 1 N–H and O–H groups in total. The first-order chi connectivity index (χ1) is 18.6. The minimum atomic E-state index is -4.72. The summed E-state index contributed by atoms with van der Waals surface area (Å²) in [6, 6.07) is 14.8. The molecular weight excluding hydrogens is 545 g/mol. The highest BCUT2D eigenvalue weighted by Gasteiger charge is 2.34. The number of amides is 1. The molecular formula is C29H33F3N2O5S. The Balaban J connectivity index is 1.97. The highest BCUT2D eigenvalue weighted by molar-refractivity contribution is 7.92. The van der Waals surface area contributed by atoms with Gasteiger partial charge in [0.25, 0.3) is 10.0 Å². The van der Waals surface area contributed by atoms with Crippen LogP contribution >= 0.6 is 0 Å². The van der Waals surface area contributed by atoms with Crippen molar-refractivity contribution in [3.05, 3.63) is 83.4 Å². The minimum absolute atomic E-state index is 0.0605. The molecule has 7 nitrogen and oxygen atoms in total. The number of rotatable bonds is 9. The van der Waals surface area contributed by atoms with E-state index in [-0.39, 0.29) is 27.5 Å². The van der Waals surface area contributed by atoms with Crippen molar-refractivity contribution in [3.8, 4) is 11.5 Å². The molecule has 3 aromatic carbocycles. The van der Waals surface area contributed by atoms with Gasteiger partial charge in [0.05, 0.1) is 36.4 Å². The van der Waals surface area contributed by atoms with Crippen LogP contribution in [-0.2, 0) is 26.4 Å². The molecule has 0 aliphatic carbocycles. The predicted molar refractivity (Wildman–Crippen MR) is 147 cm³/mol. The molecule has 1 atom stereocenters. The van der Waals surface area contributed by atoms with E-state index in [1.807, 2.05) is 24.3 Å². The van der Waals surface area contributed by atoms with Gasteiger partial charge in [0, 0.05) is 6.07 Å². The van der Waals surface area contributed by atoms with E-state index in [2.05, 4.69) is 26.1 Å². The summed E-state index contributed by atoms with van der Waals surface area (Å²) in [5.74, 6) is -0.339. The highest BCUT2D eigenvalue weighted by atomic mass is 32.2. The van der Waals surface area contributed by atoms with Gasteiger partial charge in [-0.05, 0) is 53.8 Å². The normalized spacial score (nSPS) is 12.9. The molecule has 11 heteroatoms. The highest BCUT2D eigenvalue weighted by Crippen LogP contribution is 2.35. The van der Waals surface area contributed by atoms with E-state index < -0.39 is 40.3 Å². The fourth-order valence-corrected chi connectivity index (χ4v) is 5.46. The number of carbonyl (C=O) groups excluding carboxylic acids is 1. The van der Waals surface area contributed by atoms with Crippen LogP contribution in [-0.4, -0.2) is 35.1 Å². The SMILES string of the molecule is COc1ccc(S(=O)(=O)N(CC(=O)NC(C)c2ccc(C(C)(C)C)cc2)c2cccc(C(F)(F)F)c2)cc1OC. The lowest BCUT2D eigenvalue weighted by molar-refractivity contribution is -0.137. The summed E-state index contributed by atoms with van der Waals surface area (Å²) < 4.78 is 78.9. The molecule has 216 valence electrons. The number of ether oxygens (including phenoxy) is 2. The number of alkyl halides is 3. The van der Waals surface area contributed by atoms with Gasteiger partial charge in [-0.15, -0.1) is 0 Å². The van der Waals surface area contributed by atoms with Crippen LogP contribution in [0.4, 0.5) is 18.9 Å². The fourth-order valence-electron chi connectivity index (χ4n) is 4.03. The zero-order valence-corrected chi connectivity index (χ0v) is 24.0. The van der Waals surface area contributed by atoms with Crippen LogP contribution in [0, 0.1) is 0 Å². The second kappa shape index (κ2) is 11.8. The van der Waals surface area contributed by atoms with E-state index in [0.29, 0.717) is 10.4 Å². The van der Waals surface area contributed by atoms with Gasteiger partial charge in [-0.3, -0.25) is 9.10 Å². The summed E-state index contributed by atoms with van der Waals surface area (Å²) in [4.78, 5) is 12.8. The molecule has 0 saturated carbocycles. The zero-order valence-electron chi connectivity index (χ0n) is 23.2. The first-order valence-corrected chi connectivity index (χ1v) is 13.8. The maximum atomic E-state index is 13.8. The number of sulfonamides is 1. The van der Waals surface area contributed by atoms with Gasteiger partial charge in [0.1, 0.15) is 6.54 Å². The van der Waals surface area contributed by atoms with Crippen molar-refractivity contribution in [2.24, 2.45) is 0 Å². The van der Waals surface area contributed by atoms with Gasteiger partial charge in [-0.2, -0.15) is 13.2 Å². The molecule has 0 aromatic heterocycles. The number of hydrogen-bond acceptors (Lipinski definition) is 5. The lowest BCUT2D eigenvalue weighted by Gasteiger charge is -2.26. The van der Waals surface area contributed by atoms with Crippen molar-refractivity contribution in [1.82, 2.24) is 5.32 Å². The number of methoxy groups -OCH3 is 2. The van der Waals surface area contributed by atoms with Crippen LogP contribution in [0.2, 0.25) is 0 Å². The third-order valence-corrected chi connectivity index (χ3v) is 8.12. The van der Waals surface area contributed by atoms with Crippen LogP contribution in [0.5, 0.6) is 11.5 Å². The number of nitrogens with one attached hydrogen (secondary N) is 1. The minimum Gasteiger partial charge on any atom is -0.493 e. The molecule has 40 heavy (non-hydrogen) atoms. The second-order valence-corrected chi connectivity index (χ2v) is 12.1. The van der Waals surface area contributed by atoms with E-state index in [9.17, 15) is 26.4 Å². The Morgan fingerprint density at radius 2 is 1.52 bits per heavy atom. The summed E-state index contributed by atoms with van der Waals surface area (Å²) in [6.45, 7) is 7.21. The monoisotopic (exact) mass is 578 g/mol. The number of carbonyl (C=O) groups is 1. The molecule has 3 rings (SSSR count). The Bertz CT molecular complexity index is 1450. The lowest BCUT2D eigenvalue weighted by atomic mass is 9.86. The molecule has 0 radical (unpaired) electrons. The smallest absolute Gasteiger partial charge is 0.416 e. The van der Waals surface area contributed by atoms with Gasteiger partial charge in [0.15, 0.2) is 11.5 Å². The first kappa shape index (κ1) is 30.8. The van der Waals surface area contributed by atoms with Crippen LogP contribution in [0.1, 0.15) is 50.4 Å². The Morgan fingerprint density at radius 1 is 0.900 bits per heavy atom. The Morgan fingerprint density at radius 3 is 2.08 bits per heavy atom. The molecule has 0 aliphatic rings. The Kier molecular flexibility index (Phi) is 9.08. The summed E-state index contributed by atoms with van der Waals surface area (Å²) in [5.41, 5.74) is 0.461. The van der Waals surface area contributed by atoms with E-state index in [1.54, 1.807) is 6.92 Å². The number of nitrogens with zero attached hydrogens (tertiary/aromatic N) is 1. The number of anilines is 1. The fraction of sp³-hybridized carbons (Fsp3) is 0.345. The van der Waals surface area contributed by atoms with Crippen molar-refractivity contribution in [3.63, 3.8) is 0 Å². The van der Waals surface area contributed by atoms with Crippen molar-refractivity contribution in [2.45, 2.75) is 50.2 Å². The quantitative estimate of drug-likeness (QED) is 0.332. The number of benzene rings is 3. The molecule has 0 spiro atoms. The molecule has 1 amide bonds. The van der Waals surface area contributed by atoms with Gasteiger partial charge in [-0.25, -0.2) is 8.42 Å². The average Bonchev–Trinajstić information content (AvgIpc) is 2.90. The maximum absolute atomic E-state index is 13.8. The van der Waals surface area contributed by atoms with Crippen LogP contribution in [0.15, 0.2) is 71.6 Å². The van der Waals surface area contributed by atoms with Crippen molar-refractivity contribution < 1.29 is 35.9 Å². The average molecular weight is 579 g/mol. The van der Waals surface area contributed by atoms with Crippen molar-refractivity contribution in [2.75, 3.05) is 25.1 Å². The topological polar surface area (TPSA) is 84.9 Å². The van der Waals surface area contributed by atoms with Gasteiger partial charge >= 0.3 is 6.18 Å². The maximum Gasteiger partial charge on any atom is 0.416 e. The molecule has 1 unspecified atom stereocenters. The summed E-state index contributed by atoms with van der Waals surface area (Å²) >= 11 is 0. The molecule has 0 bridgehead atoms. The van der Waals surface area contributed by atoms with Crippen LogP contribution in [0.3, 0.4) is 0 Å². The lowest BCUT2D eigenvalue weighted by Crippen LogP contribution is -2.41. The molecule has 0 heterocycles. The third kappa shape index (κ3) is 7.07. The standard InChI is InChI=1S/C29H33F3N2O5S/c1-19(20-10-12-21(13-11-20)28(2,3)4)33-27(35)18-34(23-9-7-8-22(16-23)29(30,31)32)40(36,37)24-14-15-25(38-5)26(17-24)39-6/h7-17,19H,18H2,1-6H3,(H,33,35). The van der Waals surface area contributed by atoms with Crippen molar-refractivity contribution in [1.29, 1.82) is 0 Å². The molecule has 3 aromatic rings. The summed E-state index contributed by atoms with van der Waals surface area (Å²) in [5, 5.41) is 2.75. The first-order valence-electron chi connectivity index (χ1n) is 12.4. The summed E-state index contributed by atoms with van der Waals surface area (Å²) in [6.07, 6.45) is -4.72. The summed E-state index contributed by atoms with van der Waals surface area (Å²) in [7, 11) is -1.82. The molecule has 0 saturated heterocycles. The predicted octanol–water partition coefficient (Wildman–Crippen LogP) is 6.09. The Labute approximate surface area is 233 Å². The Hall–Kier alpha value is -3.73. The van der Waals surface area contributed by atoms with Gasteiger partial charge in [0.2, 0.25) is 5.91 Å². The van der Waals surface area contributed by atoms with E-state index in [0.717, 1.165) is 23.3 Å². The third-order valence-electron chi connectivity index (χ3n) is 6.35. The van der Waals surface area contributed by atoms with E-state index in [4.69, 9.17) is 9.47 Å². The molecule has 0 fully saturated rings. The van der Waals surface area contributed by atoms with Crippen molar-refractivity contribution >= 4 is 21.6 Å². The number of halogens is 3. The molecule has 0 aliphatic heterocycles. The second-order valence-electron chi connectivity index (χ2n) is 10.2. The number of hydrogen-bond donors (Lipinski definition) is 1. The van der Waals surface area contributed by atoms with E-state index >= 15 is 0 Å². The zero-order chi connectivity index (χ0) is 29.9.